The van der Waals surface area contributed by atoms with Gasteiger partial charge in [0.2, 0.25) is 0 Å². The minimum Gasteiger partial charge on any atom is -0.302 e. The summed E-state index contributed by atoms with van der Waals surface area (Å²) in [5, 5.41) is 0. The van der Waals surface area contributed by atoms with Crippen molar-refractivity contribution in [1.82, 2.24) is 4.90 Å². The number of Topliss-reactive ketones (excluding diaryl/α,β-unsaturated/α-hetero) is 1. The Balaban J connectivity index is 4.16. The van der Waals surface area contributed by atoms with Gasteiger partial charge in [0.1, 0.15) is 5.78 Å². The van der Waals surface area contributed by atoms with Gasteiger partial charge in [0.05, 0.1) is 0 Å². The largest absolute Gasteiger partial charge is 0.302 e. The molecule has 0 fully saturated rings. The third-order valence-electron chi connectivity index (χ3n) is 2.76. The summed E-state index contributed by atoms with van der Waals surface area (Å²) in [5.41, 5.74) is -0.221. The van der Waals surface area contributed by atoms with E-state index in [1.165, 1.54) is 0 Å². The molecular formula is C11H23NOS. The molecule has 0 aliphatic heterocycles. The van der Waals surface area contributed by atoms with E-state index in [0.29, 0.717) is 6.04 Å². The molecule has 0 aromatic heterocycles. The highest BCUT2D eigenvalue weighted by molar-refractivity contribution is 7.98. The zero-order chi connectivity index (χ0) is 11.4. The second-order valence-corrected chi connectivity index (χ2v) is 5.57. The molecule has 0 radical (unpaired) electrons. The standard InChI is InChI=1S/C11H23NOS/c1-9(7-14-6)12(5)8-11(3,4)10(2)13/h9H,7-8H2,1-6H3. The molecule has 0 heterocycles. The van der Waals surface area contributed by atoms with Crippen LogP contribution in [0.2, 0.25) is 0 Å². The Labute approximate surface area is 92.4 Å². The van der Waals surface area contributed by atoms with Crippen LogP contribution in [-0.2, 0) is 4.79 Å². The fraction of sp³-hybridized carbons (Fsp3) is 0.909. The van der Waals surface area contributed by atoms with Crippen LogP contribution < -0.4 is 0 Å². The Hall–Kier alpha value is -0.0200. The number of hydrogen-bond acceptors (Lipinski definition) is 3. The molecule has 0 saturated carbocycles. The van der Waals surface area contributed by atoms with E-state index in [9.17, 15) is 4.79 Å². The van der Waals surface area contributed by atoms with Crippen LogP contribution >= 0.6 is 11.8 Å². The van der Waals surface area contributed by atoms with Crippen molar-refractivity contribution in [3.8, 4) is 0 Å². The lowest BCUT2D eigenvalue weighted by molar-refractivity contribution is -0.125. The Morgan fingerprint density at radius 1 is 1.50 bits per heavy atom. The molecule has 0 aliphatic rings. The van der Waals surface area contributed by atoms with Gasteiger partial charge in [-0.25, -0.2) is 0 Å². The van der Waals surface area contributed by atoms with Gasteiger partial charge in [0.15, 0.2) is 0 Å². The second-order valence-electron chi connectivity index (χ2n) is 4.66. The van der Waals surface area contributed by atoms with Gasteiger partial charge in [-0.05, 0) is 27.2 Å². The highest BCUT2D eigenvalue weighted by Gasteiger charge is 2.26. The molecule has 3 heteroatoms. The minimum absolute atomic E-state index is 0.221. The minimum atomic E-state index is -0.221. The van der Waals surface area contributed by atoms with Crippen LogP contribution in [0.15, 0.2) is 0 Å². The van der Waals surface area contributed by atoms with E-state index in [-0.39, 0.29) is 11.2 Å². The number of carbonyl (C=O) groups is 1. The fourth-order valence-electron chi connectivity index (χ4n) is 1.26. The molecule has 0 N–H and O–H groups in total. The lowest BCUT2D eigenvalue weighted by atomic mass is 9.88. The van der Waals surface area contributed by atoms with E-state index in [1.54, 1.807) is 6.92 Å². The first-order valence-corrected chi connectivity index (χ1v) is 6.41. The summed E-state index contributed by atoms with van der Waals surface area (Å²) in [4.78, 5) is 13.6. The predicted molar refractivity (Wildman–Crippen MR) is 64.9 cm³/mol. The molecule has 84 valence electrons. The highest BCUT2D eigenvalue weighted by Crippen LogP contribution is 2.19. The lowest BCUT2D eigenvalue weighted by Gasteiger charge is -2.31. The van der Waals surface area contributed by atoms with Crippen molar-refractivity contribution in [3.05, 3.63) is 0 Å². The third kappa shape index (κ3) is 4.47. The van der Waals surface area contributed by atoms with E-state index in [4.69, 9.17) is 0 Å². The first-order chi connectivity index (χ1) is 6.31. The maximum absolute atomic E-state index is 11.3. The average Bonchev–Trinajstić information content (AvgIpc) is 2.03. The number of nitrogens with zero attached hydrogens (tertiary/aromatic N) is 1. The van der Waals surface area contributed by atoms with Crippen LogP contribution in [0.4, 0.5) is 0 Å². The molecule has 0 saturated heterocycles. The maximum atomic E-state index is 11.3. The lowest BCUT2D eigenvalue weighted by Crippen LogP contribution is -2.41. The van der Waals surface area contributed by atoms with Crippen LogP contribution in [0.3, 0.4) is 0 Å². The summed E-state index contributed by atoms with van der Waals surface area (Å²) in [6, 6.07) is 0.531. The van der Waals surface area contributed by atoms with Crippen LogP contribution in [-0.4, -0.2) is 42.3 Å². The van der Waals surface area contributed by atoms with Gasteiger partial charge in [0.25, 0.3) is 0 Å². The van der Waals surface area contributed by atoms with Gasteiger partial charge in [-0.2, -0.15) is 11.8 Å². The first kappa shape index (κ1) is 14.0. The maximum Gasteiger partial charge on any atom is 0.136 e. The van der Waals surface area contributed by atoms with Crippen molar-refractivity contribution in [2.45, 2.75) is 33.7 Å². The van der Waals surface area contributed by atoms with Crippen molar-refractivity contribution < 1.29 is 4.79 Å². The summed E-state index contributed by atoms with van der Waals surface area (Å²) in [6.45, 7) is 8.74. The predicted octanol–water partition coefficient (Wildman–Crippen LogP) is 2.28. The monoisotopic (exact) mass is 217 g/mol. The Morgan fingerprint density at radius 2 is 2.00 bits per heavy atom. The number of hydrogen-bond donors (Lipinski definition) is 0. The summed E-state index contributed by atoms with van der Waals surface area (Å²) < 4.78 is 0. The van der Waals surface area contributed by atoms with Crippen LogP contribution in [0.1, 0.15) is 27.7 Å². The van der Waals surface area contributed by atoms with E-state index in [1.807, 2.05) is 25.6 Å². The highest BCUT2D eigenvalue weighted by atomic mass is 32.2. The number of ketones is 1. The quantitative estimate of drug-likeness (QED) is 0.681. The third-order valence-corrected chi connectivity index (χ3v) is 3.57. The first-order valence-electron chi connectivity index (χ1n) is 5.01. The molecule has 2 nitrogen and oxygen atoms in total. The van der Waals surface area contributed by atoms with Gasteiger partial charge < -0.3 is 4.90 Å². The zero-order valence-corrected chi connectivity index (χ0v) is 11.1. The van der Waals surface area contributed by atoms with Crippen LogP contribution in [0.25, 0.3) is 0 Å². The second kappa shape index (κ2) is 5.76. The van der Waals surface area contributed by atoms with Crippen LogP contribution in [0, 0.1) is 5.41 Å². The van der Waals surface area contributed by atoms with Gasteiger partial charge in [-0.15, -0.1) is 0 Å². The van der Waals surface area contributed by atoms with Gasteiger partial charge in [-0.1, -0.05) is 13.8 Å². The normalized spacial score (nSPS) is 14.5. The number of thioether (sulfide) groups is 1. The molecule has 0 amide bonds. The SMILES string of the molecule is CSCC(C)N(C)CC(C)(C)C(C)=O. The van der Waals surface area contributed by atoms with E-state index in [0.717, 1.165) is 12.3 Å². The molecule has 0 aliphatic carbocycles. The van der Waals surface area contributed by atoms with Crippen molar-refractivity contribution >= 4 is 17.5 Å². The number of carbonyl (C=O) groups excluding carboxylic acids is 1. The molecule has 0 aromatic carbocycles. The van der Waals surface area contributed by atoms with E-state index in [2.05, 4.69) is 25.1 Å². The van der Waals surface area contributed by atoms with Gasteiger partial charge in [0, 0.05) is 23.8 Å². The summed E-state index contributed by atoms with van der Waals surface area (Å²) >= 11 is 1.85. The van der Waals surface area contributed by atoms with E-state index < -0.39 is 0 Å². The Bertz CT molecular complexity index is 192. The van der Waals surface area contributed by atoms with Gasteiger partial charge >= 0.3 is 0 Å². The molecule has 0 rings (SSSR count). The van der Waals surface area contributed by atoms with E-state index >= 15 is 0 Å². The Morgan fingerprint density at radius 3 is 2.36 bits per heavy atom. The molecule has 1 unspecified atom stereocenters. The van der Waals surface area contributed by atoms with Crippen molar-refractivity contribution in [2.75, 3.05) is 25.6 Å². The molecular weight excluding hydrogens is 194 g/mol. The average molecular weight is 217 g/mol. The zero-order valence-electron chi connectivity index (χ0n) is 10.3. The summed E-state index contributed by atoms with van der Waals surface area (Å²) in [7, 11) is 2.09. The Kier molecular flexibility index (Phi) is 5.75. The molecule has 14 heavy (non-hydrogen) atoms. The van der Waals surface area contributed by atoms with Crippen LogP contribution in [0.5, 0.6) is 0 Å². The van der Waals surface area contributed by atoms with Gasteiger partial charge in [-0.3, -0.25) is 4.79 Å². The summed E-state index contributed by atoms with van der Waals surface area (Å²) in [6.07, 6.45) is 2.11. The molecule has 0 aromatic rings. The topological polar surface area (TPSA) is 20.3 Å². The number of rotatable bonds is 6. The summed E-state index contributed by atoms with van der Waals surface area (Å²) in [5.74, 6) is 1.38. The molecule has 0 bridgehead atoms. The van der Waals surface area contributed by atoms with Crippen molar-refractivity contribution in [3.63, 3.8) is 0 Å². The smallest absolute Gasteiger partial charge is 0.136 e. The molecule has 1 atom stereocenters. The van der Waals surface area contributed by atoms with Crippen molar-refractivity contribution in [1.29, 1.82) is 0 Å². The van der Waals surface area contributed by atoms with Crippen molar-refractivity contribution in [2.24, 2.45) is 5.41 Å². The fourth-order valence-corrected chi connectivity index (χ4v) is 2.00. The molecule has 0 spiro atoms.